The van der Waals surface area contributed by atoms with E-state index < -0.39 is 7.37 Å². The first-order chi connectivity index (χ1) is 13.0. The molecule has 0 aliphatic heterocycles. The summed E-state index contributed by atoms with van der Waals surface area (Å²) in [6.45, 7) is 0. The number of nitrogens with zero attached hydrogens (tertiary/aromatic N) is 1. The Balaban J connectivity index is 1.90. The lowest BCUT2D eigenvalue weighted by molar-refractivity contribution is 0.230. The standard InChI is InChI=1S/C21H21N2O3P/c1-23(2)21(24)22-17-13-15-18(16-14-17)26-27(25,19-9-5-3-6-10-19)20-11-7-4-8-12-20/h3-16H,1-2H3,(H,22,24). The molecule has 0 atom stereocenters. The van der Waals surface area contributed by atoms with Gasteiger partial charge >= 0.3 is 13.4 Å². The highest BCUT2D eigenvalue weighted by molar-refractivity contribution is 7.74. The van der Waals surface area contributed by atoms with Gasteiger partial charge in [0.15, 0.2) is 0 Å². The molecule has 2 amide bonds. The molecule has 0 heterocycles. The van der Waals surface area contributed by atoms with Crippen LogP contribution in [0.2, 0.25) is 0 Å². The van der Waals surface area contributed by atoms with Crippen molar-refractivity contribution in [2.24, 2.45) is 0 Å². The van der Waals surface area contributed by atoms with Crippen LogP contribution in [0.15, 0.2) is 84.9 Å². The van der Waals surface area contributed by atoms with Gasteiger partial charge in [-0.3, -0.25) is 4.57 Å². The van der Waals surface area contributed by atoms with Gasteiger partial charge < -0.3 is 14.7 Å². The molecular formula is C21H21N2O3P. The van der Waals surface area contributed by atoms with Gasteiger partial charge in [0, 0.05) is 19.8 Å². The van der Waals surface area contributed by atoms with E-state index in [1.807, 2.05) is 36.4 Å². The van der Waals surface area contributed by atoms with Gasteiger partial charge in [-0.15, -0.1) is 0 Å². The summed E-state index contributed by atoms with van der Waals surface area (Å²) in [5, 5.41) is 4.01. The molecule has 3 aromatic rings. The molecule has 0 unspecified atom stereocenters. The van der Waals surface area contributed by atoms with Crippen molar-refractivity contribution in [3.05, 3.63) is 84.9 Å². The molecule has 0 aliphatic rings. The molecule has 0 radical (unpaired) electrons. The molecule has 3 rings (SSSR count). The third kappa shape index (κ3) is 4.39. The first kappa shape index (κ1) is 18.7. The van der Waals surface area contributed by atoms with Gasteiger partial charge in [-0.1, -0.05) is 36.4 Å². The largest absolute Gasteiger partial charge is 0.437 e. The van der Waals surface area contributed by atoms with E-state index >= 15 is 0 Å². The van der Waals surface area contributed by atoms with Gasteiger partial charge in [-0.2, -0.15) is 0 Å². The van der Waals surface area contributed by atoms with E-state index in [9.17, 15) is 9.36 Å². The van der Waals surface area contributed by atoms with E-state index in [-0.39, 0.29) is 6.03 Å². The van der Waals surface area contributed by atoms with Crippen molar-refractivity contribution in [1.82, 2.24) is 4.90 Å². The molecule has 138 valence electrons. The third-order valence-corrected chi connectivity index (χ3v) is 6.36. The second-order valence-electron chi connectivity index (χ2n) is 6.16. The fraction of sp³-hybridized carbons (Fsp3) is 0.0952. The van der Waals surface area contributed by atoms with Crippen LogP contribution in [0.25, 0.3) is 0 Å². The molecule has 0 aromatic heterocycles. The third-order valence-electron chi connectivity index (χ3n) is 3.94. The molecule has 27 heavy (non-hydrogen) atoms. The maximum absolute atomic E-state index is 13.8. The highest BCUT2D eigenvalue weighted by Gasteiger charge is 2.29. The molecule has 3 aromatic carbocycles. The lowest BCUT2D eigenvalue weighted by Crippen LogP contribution is -2.27. The highest BCUT2D eigenvalue weighted by atomic mass is 31.2. The summed E-state index contributed by atoms with van der Waals surface area (Å²) >= 11 is 0. The minimum absolute atomic E-state index is 0.220. The molecule has 5 nitrogen and oxygen atoms in total. The minimum Gasteiger partial charge on any atom is -0.437 e. The predicted molar refractivity (Wildman–Crippen MR) is 110 cm³/mol. The van der Waals surface area contributed by atoms with Crippen molar-refractivity contribution < 1.29 is 13.9 Å². The van der Waals surface area contributed by atoms with E-state index in [0.717, 1.165) is 0 Å². The first-order valence-electron chi connectivity index (χ1n) is 8.48. The fourth-order valence-corrected chi connectivity index (χ4v) is 4.54. The van der Waals surface area contributed by atoms with Crippen molar-refractivity contribution in [2.45, 2.75) is 0 Å². The van der Waals surface area contributed by atoms with Crippen LogP contribution in [0.5, 0.6) is 5.75 Å². The van der Waals surface area contributed by atoms with Crippen LogP contribution in [0, 0.1) is 0 Å². The van der Waals surface area contributed by atoms with Gasteiger partial charge in [0.25, 0.3) is 0 Å². The first-order valence-corrected chi connectivity index (χ1v) is 10.1. The van der Waals surface area contributed by atoms with Gasteiger partial charge in [0.2, 0.25) is 0 Å². The van der Waals surface area contributed by atoms with Gasteiger partial charge in [0.05, 0.1) is 10.6 Å². The van der Waals surface area contributed by atoms with Gasteiger partial charge in [-0.25, -0.2) is 4.79 Å². The fourth-order valence-electron chi connectivity index (χ4n) is 2.49. The summed E-state index contributed by atoms with van der Waals surface area (Å²) < 4.78 is 19.9. The van der Waals surface area contributed by atoms with E-state index in [1.165, 1.54) is 4.90 Å². The molecular weight excluding hydrogens is 359 g/mol. The number of nitrogens with one attached hydrogen (secondary N) is 1. The van der Waals surface area contributed by atoms with Crippen LogP contribution >= 0.6 is 7.37 Å². The monoisotopic (exact) mass is 380 g/mol. The molecule has 0 bridgehead atoms. The number of hydrogen-bond acceptors (Lipinski definition) is 3. The van der Waals surface area contributed by atoms with Crippen molar-refractivity contribution in [3.63, 3.8) is 0 Å². The molecule has 0 aliphatic carbocycles. The van der Waals surface area contributed by atoms with Crippen LogP contribution in [0.3, 0.4) is 0 Å². The second-order valence-corrected chi connectivity index (χ2v) is 8.48. The van der Waals surface area contributed by atoms with Crippen LogP contribution in [-0.2, 0) is 4.57 Å². The lowest BCUT2D eigenvalue weighted by atomic mass is 10.3. The predicted octanol–water partition coefficient (Wildman–Crippen LogP) is 4.09. The average Bonchev–Trinajstić information content (AvgIpc) is 2.70. The van der Waals surface area contributed by atoms with E-state index in [4.69, 9.17) is 4.52 Å². The minimum atomic E-state index is -3.30. The summed E-state index contributed by atoms with van der Waals surface area (Å²) in [4.78, 5) is 13.2. The lowest BCUT2D eigenvalue weighted by Gasteiger charge is -2.20. The van der Waals surface area contributed by atoms with Crippen molar-refractivity contribution in [3.8, 4) is 5.75 Å². The Morgan fingerprint density at radius 3 is 1.74 bits per heavy atom. The molecule has 0 fully saturated rings. The van der Waals surface area contributed by atoms with E-state index in [1.54, 1.807) is 62.6 Å². The maximum atomic E-state index is 13.8. The summed E-state index contributed by atoms with van der Waals surface area (Å²) in [5.74, 6) is 0.467. The Kier molecular flexibility index (Phi) is 5.63. The number of carbonyl (C=O) groups is 1. The number of amides is 2. The zero-order valence-electron chi connectivity index (χ0n) is 15.2. The van der Waals surface area contributed by atoms with Gasteiger partial charge in [0.1, 0.15) is 5.75 Å². The number of hydrogen-bond donors (Lipinski definition) is 1. The highest BCUT2D eigenvalue weighted by Crippen LogP contribution is 2.45. The molecule has 0 spiro atoms. The molecule has 6 heteroatoms. The average molecular weight is 380 g/mol. The molecule has 1 N–H and O–H groups in total. The molecule has 0 saturated carbocycles. The van der Waals surface area contributed by atoms with Crippen LogP contribution < -0.4 is 20.4 Å². The van der Waals surface area contributed by atoms with Crippen LogP contribution in [0.4, 0.5) is 10.5 Å². The Morgan fingerprint density at radius 1 is 0.815 bits per heavy atom. The summed E-state index contributed by atoms with van der Waals surface area (Å²) in [7, 11) is 0.0390. The summed E-state index contributed by atoms with van der Waals surface area (Å²) in [6.07, 6.45) is 0. The Morgan fingerprint density at radius 2 is 1.30 bits per heavy atom. The number of urea groups is 1. The smallest absolute Gasteiger partial charge is 0.321 e. The van der Waals surface area contributed by atoms with Gasteiger partial charge in [-0.05, 0) is 48.5 Å². The summed E-state index contributed by atoms with van der Waals surface area (Å²) in [5.41, 5.74) is 0.635. The summed E-state index contributed by atoms with van der Waals surface area (Å²) in [6, 6.07) is 25.0. The van der Waals surface area contributed by atoms with Crippen molar-refractivity contribution in [1.29, 1.82) is 0 Å². The topological polar surface area (TPSA) is 58.6 Å². The second kappa shape index (κ2) is 8.11. The van der Waals surface area contributed by atoms with E-state index in [0.29, 0.717) is 22.0 Å². The number of rotatable bonds is 5. The quantitative estimate of drug-likeness (QED) is 0.679. The normalized spacial score (nSPS) is 10.9. The zero-order chi connectivity index (χ0) is 19.3. The Labute approximate surface area is 159 Å². The maximum Gasteiger partial charge on any atom is 0.321 e. The zero-order valence-corrected chi connectivity index (χ0v) is 16.1. The van der Waals surface area contributed by atoms with Crippen molar-refractivity contribution >= 4 is 29.7 Å². The Bertz CT molecular complexity index is 899. The molecule has 0 saturated heterocycles. The number of benzene rings is 3. The van der Waals surface area contributed by atoms with Crippen LogP contribution in [-0.4, -0.2) is 25.0 Å². The number of carbonyl (C=O) groups excluding carboxylic acids is 1. The number of anilines is 1. The SMILES string of the molecule is CN(C)C(=O)Nc1ccc(OP(=O)(c2ccccc2)c2ccccc2)cc1. The van der Waals surface area contributed by atoms with Crippen molar-refractivity contribution in [2.75, 3.05) is 19.4 Å². The Hall–Kier alpha value is -3.04. The van der Waals surface area contributed by atoms with E-state index in [2.05, 4.69) is 5.32 Å². The van der Waals surface area contributed by atoms with Crippen LogP contribution in [0.1, 0.15) is 0 Å².